The quantitative estimate of drug-likeness (QED) is 0.772. The summed E-state index contributed by atoms with van der Waals surface area (Å²) in [5.74, 6) is -0.0627. The highest BCUT2D eigenvalue weighted by atomic mass is 32.1. The lowest BCUT2D eigenvalue weighted by Gasteiger charge is -2.17. The number of carbonyl (C=O) groups excluding carboxylic acids is 1. The molecule has 1 atom stereocenters. The van der Waals surface area contributed by atoms with Gasteiger partial charge in [0.1, 0.15) is 6.33 Å². The second kappa shape index (κ2) is 5.66. The molecule has 2 aromatic heterocycles. The number of aromatic amines is 1. The van der Waals surface area contributed by atoms with E-state index in [0.29, 0.717) is 0 Å². The lowest BCUT2D eigenvalue weighted by Crippen LogP contribution is -2.29. The Balaban J connectivity index is 1.89. The van der Waals surface area contributed by atoms with Crippen LogP contribution in [-0.2, 0) is 0 Å². The molecule has 0 spiro atoms. The van der Waals surface area contributed by atoms with Gasteiger partial charge in [-0.3, -0.25) is 9.89 Å². The van der Waals surface area contributed by atoms with Gasteiger partial charge in [-0.2, -0.15) is 5.10 Å². The zero-order valence-electron chi connectivity index (χ0n) is 10.5. The van der Waals surface area contributed by atoms with Crippen LogP contribution in [0.5, 0.6) is 0 Å². The maximum absolute atomic E-state index is 12.1. The van der Waals surface area contributed by atoms with E-state index in [1.165, 1.54) is 6.33 Å². The van der Waals surface area contributed by atoms with Crippen LogP contribution in [-0.4, -0.2) is 21.1 Å². The van der Waals surface area contributed by atoms with Crippen LogP contribution in [0, 0.1) is 0 Å². The normalized spacial score (nSPS) is 12.0. The number of H-pyrrole nitrogens is 1. The first-order chi connectivity index (χ1) is 9.84. The minimum absolute atomic E-state index is 0.186. The van der Waals surface area contributed by atoms with Crippen LogP contribution in [0.1, 0.15) is 27.1 Å². The minimum Gasteiger partial charge on any atom is -0.338 e. The lowest BCUT2D eigenvalue weighted by atomic mass is 10.1. The molecule has 1 aromatic carbocycles. The van der Waals surface area contributed by atoms with E-state index >= 15 is 0 Å². The topological polar surface area (TPSA) is 70.7 Å². The van der Waals surface area contributed by atoms with Gasteiger partial charge in [0.25, 0.3) is 5.91 Å². The molecule has 0 bridgehead atoms. The summed E-state index contributed by atoms with van der Waals surface area (Å²) in [5, 5.41) is 11.2. The number of benzene rings is 1. The fourth-order valence-corrected chi connectivity index (χ4v) is 2.74. The number of amides is 1. The second-order valence-corrected chi connectivity index (χ2v) is 5.15. The molecule has 0 aliphatic rings. The summed E-state index contributed by atoms with van der Waals surface area (Å²) in [6, 6.07) is 13.6. The molecule has 0 fully saturated rings. The zero-order valence-corrected chi connectivity index (χ0v) is 11.3. The van der Waals surface area contributed by atoms with Gasteiger partial charge < -0.3 is 5.32 Å². The highest BCUT2D eigenvalue weighted by Gasteiger charge is 2.19. The molecule has 3 aromatic rings. The Morgan fingerprint density at radius 1 is 1.20 bits per heavy atom. The van der Waals surface area contributed by atoms with Gasteiger partial charge in [-0.05, 0) is 17.0 Å². The van der Waals surface area contributed by atoms with Crippen LogP contribution in [0.2, 0.25) is 0 Å². The first-order valence-corrected chi connectivity index (χ1v) is 6.97. The smallest absolute Gasteiger partial charge is 0.289 e. The van der Waals surface area contributed by atoms with Crippen molar-refractivity contribution in [3.8, 4) is 0 Å². The van der Waals surface area contributed by atoms with Gasteiger partial charge in [-0.1, -0.05) is 36.4 Å². The highest BCUT2D eigenvalue weighted by molar-refractivity contribution is 7.10. The van der Waals surface area contributed by atoms with Gasteiger partial charge in [-0.25, -0.2) is 4.98 Å². The van der Waals surface area contributed by atoms with Crippen LogP contribution in [0.4, 0.5) is 0 Å². The van der Waals surface area contributed by atoms with Gasteiger partial charge in [0.2, 0.25) is 5.82 Å². The monoisotopic (exact) mass is 284 g/mol. The number of thiophene rings is 1. The molecule has 2 N–H and O–H groups in total. The van der Waals surface area contributed by atoms with Gasteiger partial charge >= 0.3 is 0 Å². The Bertz CT molecular complexity index is 665. The summed E-state index contributed by atoms with van der Waals surface area (Å²) in [5.41, 5.74) is 1.03. The van der Waals surface area contributed by atoms with Crippen molar-refractivity contribution in [2.45, 2.75) is 6.04 Å². The van der Waals surface area contributed by atoms with Gasteiger partial charge in [-0.15, -0.1) is 11.3 Å². The summed E-state index contributed by atoms with van der Waals surface area (Å²) in [6.07, 6.45) is 1.32. The second-order valence-electron chi connectivity index (χ2n) is 4.17. The molecule has 5 nitrogen and oxygen atoms in total. The molecular weight excluding hydrogens is 272 g/mol. The summed E-state index contributed by atoms with van der Waals surface area (Å²) in [6.45, 7) is 0. The SMILES string of the molecule is O=C(NC(c1ccccc1)c1cccs1)c1ncn[nH]1. The van der Waals surface area contributed by atoms with E-state index in [9.17, 15) is 4.79 Å². The third-order valence-electron chi connectivity index (χ3n) is 2.87. The number of nitrogens with one attached hydrogen (secondary N) is 2. The molecule has 6 heteroatoms. The van der Waals surface area contributed by atoms with Crippen LogP contribution >= 0.6 is 11.3 Å². The molecule has 1 unspecified atom stereocenters. The number of hydrogen-bond acceptors (Lipinski definition) is 4. The average molecular weight is 284 g/mol. The van der Waals surface area contributed by atoms with E-state index in [4.69, 9.17) is 0 Å². The number of carbonyl (C=O) groups is 1. The number of hydrogen-bond donors (Lipinski definition) is 2. The molecule has 3 rings (SSSR count). The van der Waals surface area contributed by atoms with Crippen molar-refractivity contribution in [2.24, 2.45) is 0 Å². The van der Waals surface area contributed by atoms with E-state index in [0.717, 1.165) is 10.4 Å². The third kappa shape index (κ3) is 2.60. The molecule has 0 saturated heterocycles. The van der Waals surface area contributed by atoms with Crippen LogP contribution in [0.25, 0.3) is 0 Å². The van der Waals surface area contributed by atoms with E-state index in [-0.39, 0.29) is 17.8 Å². The zero-order chi connectivity index (χ0) is 13.8. The predicted molar refractivity (Wildman–Crippen MR) is 76.5 cm³/mol. The van der Waals surface area contributed by atoms with Gasteiger partial charge in [0, 0.05) is 4.88 Å². The van der Waals surface area contributed by atoms with Crippen LogP contribution < -0.4 is 5.32 Å². The number of nitrogens with zero attached hydrogens (tertiary/aromatic N) is 2. The molecule has 0 saturated carbocycles. The standard InChI is InChI=1S/C14H12N4OS/c19-14(13-15-9-16-18-13)17-12(11-7-4-8-20-11)10-5-2-1-3-6-10/h1-9,12H,(H,17,19)(H,15,16,18). The minimum atomic E-state index is -0.273. The predicted octanol–water partition coefficient (Wildman–Crippen LogP) is 2.39. The largest absolute Gasteiger partial charge is 0.338 e. The maximum Gasteiger partial charge on any atom is 0.289 e. The van der Waals surface area contributed by atoms with Crippen molar-refractivity contribution in [2.75, 3.05) is 0 Å². The Morgan fingerprint density at radius 3 is 2.70 bits per heavy atom. The fourth-order valence-electron chi connectivity index (χ4n) is 1.93. The Morgan fingerprint density at radius 2 is 2.05 bits per heavy atom. The van der Waals surface area contributed by atoms with Crippen molar-refractivity contribution in [3.05, 3.63) is 70.4 Å². The Hall–Kier alpha value is -2.47. The lowest BCUT2D eigenvalue weighted by molar-refractivity contribution is 0.0933. The third-order valence-corrected chi connectivity index (χ3v) is 3.80. The molecule has 2 heterocycles. The van der Waals surface area contributed by atoms with Crippen molar-refractivity contribution < 1.29 is 4.79 Å². The van der Waals surface area contributed by atoms with Crippen molar-refractivity contribution in [1.29, 1.82) is 0 Å². The summed E-state index contributed by atoms with van der Waals surface area (Å²) in [7, 11) is 0. The molecule has 100 valence electrons. The average Bonchev–Trinajstić information content (AvgIpc) is 3.18. The van der Waals surface area contributed by atoms with Gasteiger partial charge in [0.15, 0.2) is 0 Å². The molecule has 0 aliphatic heterocycles. The van der Waals surface area contributed by atoms with E-state index < -0.39 is 0 Å². The molecular formula is C14H12N4OS. The fraction of sp³-hybridized carbons (Fsp3) is 0.0714. The summed E-state index contributed by atoms with van der Waals surface area (Å²) < 4.78 is 0. The van der Waals surface area contributed by atoms with Gasteiger partial charge in [0.05, 0.1) is 6.04 Å². The molecule has 0 aliphatic carbocycles. The number of aromatic nitrogens is 3. The van der Waals surface area contributed by atoms with Crippen molar-refractivity contribution in [1.82, 2.24) is 20.5 Å². The Labute approximate surface area is 119 Å². The van der Waals surface area contributed by atoms with E-state index in [1.807, 2.05) is 47.8 Å². The van der Waals surface area contributed by atoms with Crippen LogP contribution in [0.15, 0.2) is 54.2 Å². The van der Waals surface area contributed by atoms with Crippen LogP contribution in [0.3, 0.4) is 0 Å². The first kappa shape index (κ1) is 12.6. The Kier molecular flexibility index (Phi) is 3.56. The van der Waals surface area contributed by atoms with Crippen molar-refractivity contribution in [3.63, 3.8) is 0 Å². The number of rotatable bonds is 4. The first-order valence-electron chi connectivity index (χ1n) is 6.09. The molecule has 0 radical (unpaired) electrons. The van der Waals surface area contributed by atoms with E-state index in [1.54, 1.807) is 11.3 Å². The highest BCUT2D eigenvalue weighted by Crippen LogP contribution is 2.26. The van der Waals surface area contributed by atoms with Crippen molar-refractivity contribution >= 4 is 17.2 Å². The molecule has 1 amide bonds. The molecule has 20 heavy (non-hydrogen) atoms. The summed E-state index contributed by atoms with van der Waals surface area (Å²) in [4.78, 5) is 17.1. The maximum atomic E-state index is 12.1. The van der Waals surface area contributed by atoms with E-state index in [2.05, 4.69) is 20.5 Å². The summed E-state index contributed by atoms with van der Waals surface area (Å²) >= 11 is 1.60.